The highest BCUT2D eigenvalue weighted by Gasteiger charge is 2.33. The van der Waals surface area contributed by atoms with Gasteiger partial charge < -0.3 is 19.1 Å². The average Bonchev–Trinajstić information content (AvgIpc) is 3.42. The molecule has 2 fully saturated rings. The van der Waals surface area contributed by atoms with Crippen LogP contribution in [0.4, 0.5) is 0 Å². The highest BCUT2D eigenvalue weighted by atomic mass is 35.5. The van der Waals surface area contributed by atoms with Crippen LogP contribution < -0.4 is 9.47 Å². The average molecular weight is 439 g/mol. The molecule has 166 valence electrons. The van der Waals surface area contributed by atoms with Crippen LogP contribution in [0.15, 0.2) is 18.2 Å². The van der Waals surface area contributed by atoms with Crippen molar-refractivity contribution in [2.45, 2.75) is 31.5 Å². The second kappa shape index (κ2) is 10.4. The van der Waals surface area contributed by atoms with Crippen LogP contribution in [0.3, 0.4) is 0 Å². The van der Waals surface area contributed by atoms with E-state index < -0.39 is 0 Å². The fraction of sp³-hybridized carbons (Fsp3) is 0.650. The first-order valence-corrected chi connectivity index (χ1v) is 10.2. The van der Waals surface area contributed by atoms with Crippen LogP contribution in [0.25, 0.3) is 0 Å². The number of piperazine rings is 1. The van der Waals surface area contributed by atoms with Gasteiger partial charge in [-0.15, -0.1) is 17.5 Å². The molecule has 3 heterocycles. The van der Waals surface area contributed by atoms with Gasteiger partial charge in [-0.05, 0) is 48.5 Å². The Labute approximate surface area is 183 Å². The first-order valence-electron chi connectivity index (χ1n) is 10.2. The van der Waals surface area contributed by atoms with Crippen molar-refractivity contribution < 1.29 is 14.2 Å². The molecule has 9 nitrogen and oxygen atoms in total. The minimum atomic E-state index is -0.120. The molecule has 0 aliphatic carbocycles. The van der Waals surface area contributed by atoms with Crippen molar-refractivity contribution in [2.24, 2.45) is 0 Å². The van der Waals surface area contributed by atoms with E-state index >= 15 is 0 Å². The van der Waals surface area contributed by atoms with E-state index in [1.165, 1.54) is 0 Å². The summed E-state index contributed by atoms with van der Waals surface area (Å²) in [5, 5.41) is 12.8. The van der Waals surface area contributed by atoms with E-state index in [0.717, 1.165) is 68.5 Å². The summed E-state index contributed by atoms with van der Waals surface area (Å²) < 4.78 is 18.9. The van der Waals surface area contributed by atoms with Crippen LogP contribution in [0.1, 0.15) is 30.3 Å². The molecule has 0 amide bonds. The van der Waals surface area contributed by atoms with Crippen molar-refractivity contribution in [3.8, 4) is 11.5 Å². The maximum Gasteiger partial charge on any atom is 0.173 e. The van der Waals surface area contributed by atoms with Gasteiger partial charge in [-0.3, -0.25) is 4.90 Å². The number of tetrazole rings is 1. The molecule has 2 atom stereocenters. The van der Waals surface area contributed by atoms with Crippen molar-refractivity contribution in [1.82, 2.24) is 30.0 Å². The standard InChI is InChI=1S/C20H30N6O3.ClH/c1-24-8-10-25(11-9-24)19(17-13-15(27-2)6-7-18(17)28-3)20-21-22-23-26(20)14-16-5-4-12-29-16;/h6-7,13,16,19H,4-5,8-12,14H2,1-3H3;1H. The number of benzene rings is 1. The number of nitrogens with zero attached hydrogens (tertiary/aromatic N) is 6. The summed E-state index contributed by atoms with van der Waals surface area (Å²) in [6.07, 6.45) is 2.30. The van der Waals surface area contributed by atoms with Crippen LogP contribution >= 0.6 is 12.4 Å². The number of halogens is 1. The fourth-order valence-corrected chi connectivity index (χ4v) is 4.15. The molecule has 1 aromatic carbocycles. The predicted octanol–water partition coefficient (Wildman–Crippen LogP) is 1.63. The molecule has 1 aromatic heterocycles. The maximum absolute atomic E-state index is 5.83. The molecule has 0 spiro atoms. The largest absolute Gasteiger partial charge is 0.497 e. The van der Waals surface area contributed by atoms with Crippen LogP contribution in [0.5, 0.6) is 11.5 Å². The molecule has 0 radical (unpaired) electrons. The van der Waals surface area contributed by atoms with E-state index in [1.54, 1.807) is 14.2 Å². The number of methoxy groups -OCH3 is 2. The van der Waals surface area contributed by atoms with Crippen molar-refractivity contribution in [2.75, 3.05) is 54.1 Å². The van der Waals surface area contributed by atoms with Gasteiger partial charge in [-0.25, -0.2) is 4.68 Å². The van der Waals surface area contributed by atoms with Crippen LogP contribution in [0, 0.1) is 0 Å². The molecule has 30 heavy (non-hydrogen) atoms. The van der Waals surface area contributed by atoms with Crippen molar-refractivity contribution in [1.29, 1.82) is 0 Å². The van der Waals surface area contributed by atoms with Gasteiger partial charge in [0.15, 0.2) is 5.82 Å². The lowest BCUT2D eigenvalue weighted by Gasteiger charge is -2.38. The lowest BCUT2D eigenvalue weighted by Crippen LogP contribution is -2.47. The Morgan fingerprint density at radius 1 is 1.17 bits per heavy atom. The van der Waals surface area contributed by atoms with Crippen molar-refractivity contribution in [3.63, 3.8) is 0 Å². The molecule has 0 N–H and O–H groups in total. The first kappa shape index (κ1) is 22.7. The maximum atomic E-state index is 5.83. The predicted molar refractivity (Wildman–Crippen MR) is 114 cm³/mol. The van der Waals surface area contributed by atoms with Crippen molar-refractivity contribution >= 4 is 12.4 Å². The molecule has 2 unspecified atom stereocenters. The zero-order chi connectivity index (χ0) is 20.2. The Kier molecular flexibility index (Phi) is 7.87. The third kappa shape index (κ3) is 4.85. The van der Waals surface area contributed by atoms with Crippen LogP contribution in [0.2, 0.25) is 0 Å². The molecule has 2 aromatic rings. The third-order valence-electron chi connectivity index (χ3n) is 5.84. The van der Waals surface area contributed by atoms with E-state index in [-0.39, 0.29) is 24.6 Å². The number of hydrogen-bond donors (Lipinski definition) is 0. The van der Waals surface area contributed by atoms with E-state index in [2.05, 4.69) is 32.4 Å². The summed E-state index contributed by atoms with van der Waals surface area (Å²) in [4.78, 5) is 4.76. The molecule has 2 saturated heterocycles. The summed E-state index contributed by atoms with van der Waals surface area (Å²) >= 11 is 0. The Hall–Kier alpha value is -1.94. The first-order chi connectivity index (χ1) is 14.2. The minimum Gasteiger partial charge on any atom is -0.497 e. The van der Waals surface area contributed by atoms with E-state index in [9.17, 15) is 0 Å². The van der Waals surface area contributed by atoms with Gasteiger partial charge in [0.2, 0.25) is 0 Å². The Morgan fingerprint density at radius 2 is 1.97 bits per heavy atom. The topological polar surface area (TPSA) is 77.8 Å². The molecule has 2 aliphatic heterocycles. The molecule has 10 heteroatoms. The van der Waals surface area contributed by atoms with Crippen LogP contribution in [-0.2, 0) is 11.3 Å². The molecule has 2 aliphatic rings. The summed E-state index contributed by atoms with van der Waals surface area (Å²) in [6, 6.07) is 5.78. The Balaban J connectivity index is 0.00000256. The lowest BCUT2D eigenvalue weighted by atomic mass is 10.0. The van der Waals surface area contributed by atoms with E-state index in [1.807, 2.05) is 22.9 Å². The smallest absolute Gasteiger partial charge is 0.173 e. The lowest BCUT2D eigenvalue weighted by molar-refractivity contribution is 0.0876. The molecular formula is C20H31ClN6O3. The summed E-state index contributed by atoms with van der Waals surface area (Å²) in [5.41, 5.74) is 1.01. The summed E-state index contributed by atoms with van der Waals surface area (Å²) in [7, 11) is 5.53. The number of hydrogen-bond acceptors (Lipinski definition) is 8. The SMILES string of the molecule is COc1ccc(OC)c(C(c2nnnn2CC2CCCO2)N2CCN(C)CC2)c1.Cl. The number of rotatable bonds is 7. The molecule has 4 rings (SSSR count). The number of ether oxygens (including phenoxy) is 3. The third-order valence-corrected chi connectivity index (χ3v) is 5.84. The summed E-state index contributed by atoms with van der Waals surface area (Å²) in [5.74, 6) is 2.41. The van der Waals surface area contributed by atoms with Gasteiger partial charge in [-0.2, -0.15) is 0 Å². The van der Waals surface area contributed by atoms with Gasteiger partial charge in [0.1, 0.15) is 17.5 Å². The summed E-state index contributed by atoms with van der Waals surface area (Å²) in [6.45, 7) is 5.32. The molecule has 0 saturated carbocycles. The molecule has 0 bridgehead atoms. The van der Waals surface area contributed by atoms with Crippen molar-refractivity contribution in [3.05, 3.63) is 29.6 Å². The normalized spacial score (nSPS) is 21.2. The Morgan fingerprint density at radius 3 is 2.63 bits per heavy atom. The van der Waals surface area contributed by atoms with Gasteiger partial charge in [0.05, 0.1) is 26.9 Å². The fourth-order valence-electron chi connectivity index (χ4n) is 4.15. The number of likely N-dealkylation sites (N-methyl/N-ethyl adjacent to an activating group) is 1. The van der Waals surface area contributed by atoms with E-state index in [0.29, 0.717) is 6.54 Å². The number of aromatic nitrogens is 4. The zero-order valence-electron chi connectivity index (χ0n) is 17.9. The van der Waals surface area contributed by atoms with Crippen LogP contribution in [-0.4, -0.2) is 90.2 Å². The molecular weight excluding hydrogens is 408 g/mol. The van der Waals surface area contributed by atoms with E-state index in [4.69, 9.17) is 14.2 Å². The second-order valence-corrected chi connectivity index (χ2v) is 7.70. The van der Waals surface area contributed by atoms with Gasteiger partial charge in [0, 0.05) is 38.3 Å². The Bertz CT molecular complexity index is 806. The minimum absolute atomic E-state index is 0. The van der Waals surface area contributed by atoms with Gasteiger partial charge >= 0.3 is 0 Å². The zero-order valence-corrected chi connectivity index (χ0v) is 18.7. The van der Waals surface area contributed by atoms with Gasteiger partial charge in [0.25, 0.3) is 0 Å². The van der Waals surface area contributed by atoms with Gasteiger partial charge in [-0.1, -0.05) is 0 Å². The second-order valence-electron chi connectivity index (χ2n) is 7.70. The highest BCUT2D eigenvalue weighted by Crippen LogP contribution is 2.36. The monoisotopic (exact) mass is 438 g/mol. The highest BCUT2D eigenvalue weighted by molar-refractivity contribution is 5.85. The quantitative estimate of drug-likeness (QED) is 0.645.